The largest absolute Gasteiger partial charge is 0.330 e. The highest BCUT2D eigenvalue weighted by molar-refractivity contribution is 7.64. The highest BCUT2D eigenvalue weighted by Gasteiger charge is 2.67. The summed E-state index contributed by atoms with van der Waals surface area (Å²) in [6, 6.07) is 0. The Kier molecular flexibility index (Phi) is 13.3. The van der Waals surface area contributed by atoms with E-state index in [0.717, 1.165) is 0 Å². The zero-order valence-corrected chi connectivity index (χ0v) is 26.0. The molecule has 0 bridgehead atoms. The smallest absolute Gasteiger partial charge is 0.324 e. The Bertz CT molecular complexity index is 1190. The molecular formula is C8H26O24P8. The van der Waals surface area contributed by atoms with Crippen LogP contribution in [0.15, 0.2) is 0 Å². The van der Waals surface area contributed by atoms with Gasteiger partial charge in [0, 0.05) is 0 Å². The van der Waals surface area contributed by atoms with Crippen molar-refractivity contribution < 1.29 is 115 Å². The van der Waals surface area contributed by atoms with Crippen LogP contribution < -0.4 is 0 Å². The zero-order chi connectivity index (χ0) is 32.9. The van der Waals surface area contributed by atoms with Crippen LogP contribution in [0.1, 0.15) is 0 Å². The predicted molar refractivity (Wildman–Crippen MR) is 129 cm³/mol. The molecule has 0 radical (unpaired) electrons. The third-order valence-corrected chi connectivity index (χ3v) is 17.1. The third-order valence-electron chi connectivity index (χ3n) is 5.11. The molecule has 6 atom stereocenters. The van der Waals surface area contributed by atoms with Gasteiger partial charge in [-0.1, -0.05) is 0 Å². The first-order valence-corrected chi connectivity index (χ1v) is 23.0. The minimum absolute atomic E-state index is 2.39. The summed E-state index contributed by atoms with van der Waals surface area (Å²) < 4.78 is 96.6. The van der Waals surface area contributed by atoms with Crippen LogP contribution in [-0.2, 0) is 36.5 Å². The second-order valence-corrected chi connectivity index (χ2v) is 22.5. The maximum Gasteiger partial charge on any atom is 0.330 e. The van der Waals surface area contributed by atoms with Crippen molar-refractivity contribution in [2.24, 2.45) is 0 Å². The van der Waals surface area contributed by atoms with Crippen molar-refractivity contribution in [3.63, 3.8) is 0 Å². The second kappa shape index (κ2) is 12.9. The summed E-state index contributed by atoms with van der Waals surface area (Å²) in [5.41, 5.74) is -23.8. The van der Waals surface area contributed by atoms with Gasteiger partial charge in [0.05, 0.1) is 46.3 Å². The Balaban J connectivity index is 8.31. The molecule has 0 amide bonds. The Morgan fingerprint density at radius 1 is 0.300 bits per heavy atom. The van der Waals surface area contributed by atoms with Crippen molar-refractivity contribution in [1.82, 2.24) is 0 Å². The summed E-state index contributed by atoms with van der Waals surface area (Å²) in [5, 5.41) is 0. The zero-order valence-electron chi connectivity index (χ0n) is 18.9. The Morgan fingerprint density at radius 2 is 0.475 bits per heavy atom. The molecule has 0 aromatic heterocycles. The van der Waals surface area contributed by atoms with Crippen LogP contribution in [0.4, 0.5) is 0 Å². The van der Waals surface area contributed by atoms with E-state index in [4.69, 9.17) is 19.6 Å². The molecule has 16 N–H and O–H groups in total. The van der Waals surface area contributed by atoms with Crippen molar-refractivity contribution in [3.8, 4) is 0 Å². The molecular weight excluding hydrogens is 728 g/mol. The third kappa shape index (κ3) is 12.7. The average molecular weight is 754 g/mol. The summed E-state index contributed by atoms with van der Waals surface area (Å²) in [6.45, 7) is 0. The van der Waals surface area contributed by atoms with Crippen LogP contribution in [0, 0.1) is 0 Å². The summed E-state index contributed by atoms with van der Waals surface area (Å²) in [6.07, 6.45) is -4.77. The maximum absolute atomic E-state index is 12.5. The van der Waals surface area contributed by atoms with Crippen molar-refractivity contribution in [1.29, 1.82) is 0 Å². The first-order valence-electron chi connectivity index (χ1n) is 9.33. The quantitative estimate of drug-likeness (QED) is 0.0725. The first-order chi connectivity index (χ1) is 16.9. The summed E-state index contributed by atoms with van der Waals surface area (Å²) in [7, 11) is -52.1. The van der Waals surface area contributed by atoms with Gasteiger partial charge in [0.15, 0.2) is 0 Å². The van der Waals surface area contributed by atoms with Gasteiger partial charge < -0.3 is 78.3 Å². The molecule has 0 aromatic rings. The van der Waals surface area contributed by atoms with Gasteiger partial charge in [-0.05, 0) is 0 Å². The molecule has 0 heterocycles. The lowest BCUT2D eigenvalue weighted by Gasteiger charge is -2.42. The van der Waals surface area contributed by atoms with E-state index in [9.17, 15) is 95.2 Å². The van der Waals surface area contributed by atoms with Gasteiger partial charge in [0.25, 0.3) is 0 Å². The number of hydrogen-bond acceptors (Lipinski definition) is 8. The highest BCUT2D eigenvalue weighted by Crippen LogP contribution is 2.72. The van der Waals surface area contributed by atoms with Crippen LogP contribution >= 0.6 is 60.8 Å². The normalized spacial score (nSPS) is 19.9. The lowest BCUT2D eigenvalue weighted by atomic mass is 10.1. The van der Waals surface area contributed by atoms with Gasteiger partial charge in [-0.25, -0.2) is 0 Å². The number of hydrogen-bond donors (Lipinski definition) is 16. The minimum atomic E-state index is -6.91. The van der Waals surface area contributed by atoms with Gasteiger partial charge in [-0.15, -0.1) is 0 Å². The lowest BCUT2D eigenvalue weighted by Crippen LogP contribution is -2.52. The van der Waals surface area contributed by atoms with Gasteiger partial charge in [0.2, 0.25) is 0 Å². The van der Waals surface area contributed by atoms with Crippen molar-refractivity contribution in [2.75, 3.05) is 12.3 Å². The summed E-state index contributed by atoms with van der Waals surface area (Å²) in [5.74, 6) is 0. The molecule has 24 nitrogen and oxygen atoms in total. The molecule has 0 aliphatic rings. The fourth-order valence-electron chi connectivity index (χ4n) is 3.82. The van der Waals surface area contributed by atoms with E-state index in [1.54, 1.807) is 0 Å². The fraction of sp³-hybridized carbons (Fsp3) is 1.00. The molecule has 0 rings (SSSR count). The highest BCUT2D eigenvalue weighted by atomic mass is 31.2. The molecule has 6 unspecified atom stereocenters. The lowest BCUT2D eigenvalue weighted by molar-refractivity contribution is 0.279. The molecule has 40 heavy (non-hydrogen) atoms. The standard InChI is InChI=1S/C8H26O24P8/c9-33(10,11)1-3(35(15,16)17)5(37(21,22)23)7(39(27,28)29)8(40(30,31)32)6(38(24,25)26)4(36(18,19)20)2-34(12,13)14/h3-8H,1-2H2,(H2,9,10,11)(H2,12,13,14)(H2,15,16,17)(H2,18,19,20)(H2,21,22,23)(H2,24,25,26)(H2,27,28,29)(H2,30,31,32). The van der Waals surface area contributed by atoms with Gasteiger partial charge in [-0.3, -0.25) is 36.5 Å². The van der Waals surface area contributed by atoms with E-state index in [2.05, 4.69) is 0 Å². The fourth-order valence-corrected chi connectivity index (χ4v) is 20.1. The van der Waals surface area contributed by atoms with Crippen molar-refractivity contribution >= 4 is 60.8 Å². The minimum Gasteiger partial charge on any atom is -0.324 e. The molecule has 0 saturated heterocycles. The Labute approximate surface area is 222 Å². The van der Waals surface area contributed by atoms with E-state index in [1.807, 2.05) is 0 Å². The van der Waals surface area contributed by atoms with E-state index >= 15 is 0 Å². The SMILES string of the molecule is O=P(O)(O)CC(C(C(C(C(C(CP(=O)(O)O)P(=O)(O)O)P(=O)(O)O)P(=O)(O)O)P(=O)(O)O)P(=O)(O)O)P(=O)(O)O. The molecule has 0 fully saturated rings. The molecule has 0 aliphatic carbocycles. The molecule has 0 aliphatic heterocycles. The van der Waals surface area contributed by atoms with E-state index < -0.39 is 107 Å². The first kappa shape index (κ1) is 41.2. The Morgan fingerprint density at radius 3 is 0.575 bits per heavy atom. The molecule has 32 heteroatoms. The van der Waals surface area contributed by atoms with Crippen LogP contribution in [0.2, 0.25) is 0 Å². The molecule has 0 aromatic carbocycles. The van der Waals surface area contributed by atoms with E-state index in [0.29, 0.717) is 0 Å². The van der Waals surface area contributed by atoms with Crippen LogP contribution in [0.5, 0.6) is 0 Å². The van der Waals surface area contributed by atoms with Gasteiger partial charge in [-0.2, -0.15) is 0 Å². The Hall–Kier alpha value is 1.20. The molecule has 0 spiro atoms. The summed E-state index contributed by atoms with van der Waals surface area (Å²) in [4.78, 5) is 153. The topological polar surface area (TPSA) is 460 Å². The van der Waals surface area contributed by atoms with Crippen molar-refractivity contribution in [2.45, 2.75) is 34.0 Å². The van der Waals surface area contributed by atoms with Crippen LogP contribution in [-0.4, -0.2) is 125 Å². The summed E-state index contributed by atoms with van der Waals surface area (Å²) >= 11 is 0. The van der Waals surface area contributed by atoms with Crippen LogP contribution in [0.3, 0.4) is 0 Å². The average Bonchev–Trinajstić information content (AvgIpc) is 2.54. The van der Waals surface area contributed by atoms with E-state index in [1.165, 1.54) is 0 Å². The van der Waals surface area contributed by atoms with E-state index in [-0.39, 0.29) is 0 Å². The van der Waals surface area contributed by atoms with Gasteiger partial charge >= 0.3 is 60.8 Å². The van der Waals surface area contributed by atoms with Gasteiger partial charge in [0.1, 0.15) is 0 Å². The van der Waals surface area contributed by atoms with Crippen molar-refractivity contribution in [3.05, 3.63) is 0 Å². The predicted octanol–water partition coefficient (Wildman–Crippen LogP) is -3.38. The maximum atomic E-state index is 12.5. The molecule has 242 valence electrons. The molecule has 0 saturated carbocycles. The van der Waals surface area contributed by atoms with Crippen LogP contribution in [0.25, 0.3) is 0 Å². The second-order valence-electron chi connectivity index (χ2n) is 8.33. The monoisotopic (exact) mass is 754 g/mol. The number of rotatable bonds is 15.